The van der Waals surface area contributed by atoms with Crippen molar-refractivity contribution >= 4 is 39.7 Å². The molecule has 3 aliphatic heterocycles. The molecule has 5 aromatic rings. The summed E-state index contributed by atoms with van der Waals surface area (Å²) < 4.78 is 0. The minimum atomic E-state index is -0.325. The van der Waals surface area contributed by atoms with Gasteiger partial charge in [0, 0.05) is 66.6 Å². The lowest BCUT2D eigenvalue weighted by atomic mass is 9.93. The second-order valence-corrected chi connectivity index (χ2v) is 14.7. The van der Waals surface area contributed by atoms with Gasteiger partial charge in [0.05, 0.1) is 37.5 Å². The van der Waals surface area contributed by atoms with E-state index in [-0.39, 0.29) is 18.1 Å². The van der Waals surface area contributed by atoms with Crippen LogP contribution in [0.15, 0.2) is 60.9 Å². The van der Waals surface area contributed by atoms with E-state index in [2.05, 4.69) is 71.5 Å². The lowest BCUT2D eigenvalue weighted by molar-refractivity contribution is -0.132. The number of anilines is 2. The number of nitrogens with zero attached hydrogens (tertiary/aromatic N) is 6. The van der Waals surface area contributed by atoms with Gasteiger partial charge in [0.2, 0.25) is 5.91 Å². The number of carbonyl (C=O) groups is 1. The van der Waals surface area contributed by atoms with Crippen molar-refractivity contribution in [1.82, 2.24) is 29.7 Å². The molecule has 3 N–H and O–H groups in total. The Bertz CT molecular complexity index is 2020. The van der Waals surface area contributed by atoms with E-state index in [0.29, 0.717) is 38.5 Å². The number of hydrogen-bond acceptors (Lipinski definition) is 10. The van der Waals surface area contributed by atoms with Crippen LogP contribution in [0.25, 0.3) is 32.6 Å². The Morgan fingerprint density at radius 3 is 2.41 bits per heavy atom. The fraction of sp³-hybridized carbons (Fsp3) is 0.368. The molecule has 252 valence electrons. The number of rotatable bonds is 8. The fourth-order valence-corrected chi connectivity index (χ4v) is 8.59. The minimum absolute atomic E-state index is 0.0984. The second-order valence-electron chi connectivity index (χ2n) is 13.7. The summed E-state index contributed by atoms with van der Waals surface area (Å²) in [6, 6.07) is 16.9. The third-order valence-corrected chi connectivity index (χ3v) is 11.3. The van der Waals surface area contributed by atoms with Crippen LogP contribution in [-0.4, -0.2) is 90.7 Å². The summed E-state index contributed by atoms with van der Waals surface area (Å²) in [5.41, 5.74) is 9.59. The fourth-order valence-electron chi connectivity index (χ4n) is 7.43. The Kier molecular flexibility index (Phi) is 8.63. The van der Waals surface area contributed by atoms with Crippen molar-refractivity contribution in [1.29, 1.82) is 0 Å². The molecule has 2 aromatic carbocycles. The molecule has 2 saturated heterocycles. The zero-order valence-electron chi connectivity index (χ0n) is 27.9. The number of nitrogens with one attached hydrogen (secondary N) is 1. The number of aromatic nitrogens is 3. The minimum Gasteiger partial charge on any atom is -0.392 e. The van der Waals surface area contributed by atoms with E-state index in [1.807, 2.05) is 28.3 Å². The normalized spacial score (nSPS) is 19.6. The maximum atomic E-state index is 13.0. The summed E-state index contributed by atoms with van der Waals surface area (Å²) in [4.78, 5) is 34.8. The highest BCUT2D eigenvalue weighted by molar-refractivity contribution is 7.15. The van der Waals surface area contributed by atoms with Crippen LogP contribution in [0.3, 0.4) is 0 Å². The Balaban J connectivity index is 1.00. The largest absolute Gasteiger partial charge is 0.392 e. The molecule has 6 heterocycles. The third kappa shape index (κ3) is 6.44. The van der Waals surface area contributed by atoms with Crippen LogP contribution in [0.1, 0.15) is 40.1 Å². The third-order valence-electron chi connectivity index (χ3n) is 10.2. The van der Waals surface area contributed by atoms with Gasteiger partial charge in [-0.25, -0.2) is 9.97 Å². The molecular weight excluding hydrogens is 635 g/mol. The molecule has 0 bridgehead atoms. The number of pyridine rings is 2. The maximum absolute atomic E-state index is 13.0. The SMILES string of the molecule is Cc1c(Nc2nccc3cc(CN4CCC(O)C4)cnc23)cccc1-c1cccc(-c2nc3c(s2)CN(C(=O)CN2CC[C@@H](O)C2)C3)c1C. The van der Waals surface area contributed by atoms with Crippen molar-refractivity contribution in [3.63, 3.8) is 0 Å². The Hall–Kier alpha value is -4.26. The molecule has 0 saturated carbocycles. The summed E-state index contributed by atoms with van der Waals surface area (Å²) in [6.07, 6.45) is 4.73. The van der Waals surface area contributed by atoms with Gasteiger partial charge in [-0.3, -0.25) is 19.6 Å². The molecule has 3 aliphatic rings. The van der Waals surface area contributed by atoms with E-state index in [9.17, 15) is 15.0 Å². The molecule has 11 heteroatoms. The summed E-state index contributed by atoms with van der Waals surface area (Å²) in [7, 11) is 0. The molecule has 2 atom stereocenters. The first-order valence-electron chi connectivity index (χ1n) is 17.1. The van der Waals surface area contributed by atoms with Crippen LogP contribution >= 0.6 is 11.3 Å². The molecule has 2 fully saturated rings. The number of hydrogen-bond donors (Lipinski definition) is 3. The summed E-state index contributed by atoms with van der Waals surface area (Å²) in [5.74, 6) is 0.815. The number of aliphatic hydroxyl groups excluding tert-OH is 2. The zero-order valence-corrected chi connectivity index (χ0v) is 28.7. The number of likely N-dealkylation sites (tertiary alicyclic amines) is 2. The zero-order chi connectivity index (χ0) is 33.6. The number of benzene rings is 2. The molecule has 8 rings (SSSR count). The van der Waals surface area contributed by atoms with E-state index >= 15 is 0 Å². The first kappa shape index (κ1) is 32.0. The molecule has 3 aromatic heterocycles. The lowest BCUT2D eigenvalue weighted by Crippen LogP contribution is -2.37. The predicted molar refractivity (Wildman–Crippen MR) is 192 cm³/mol. The van der Waals surface area contributed by atoms with E-state index in [1.54, 1.807) is 11.3 Å². The van der Waals surface area contributed by atoms with Crippen LogP contribution in [0.5, 0.6) is 0 Å². The van der Waals surface area contributed by atoms with Gasteiger partial charge in [-0.1, -0.05) is 30.3 Å². The summed E-state index contributed by atoms with van der Waals surface area (Å²) >= 11 is 1.68. The van der Waals surface area contributed by atoms with Crippen molar-refractivity contribution in [2.24, 2.45) is 0 Å². The highest BCUT2D eigenvalue weighted by Crippen LogP contribution is 2.40. The molecule has 0 spiro atoms. The first-order chi connectivity index (χ1) is 23.8. The number of carbonyl (C=O) groups excluding carboxylic acids is 1. The summed E-state index contributed by atoms with van der Waals surface area (Å²) in [6.45, 7) is 9.50. The van der Waals surface area contributed by atoms with Gasteiger partial charge in [-0.2, -0.15) is 0 Å². The number of aliphatic hydroxyl groups is 2. The van der Waals surface area contributed by atoms with Gasteiger partial charge in [0.1, 0.15) is 10.5 Å². The molecule has 1 unspecified atom stereocenters. The van der Waals surface area contributed by atoms with Crippen LogP contribution < -0.4 is 5.32 Å². The van der Waals surface area contributed by atoms with E-state index < -0.39 is 0 Å². The number of amides is 1. The Labute approximate surface area is 290 Å². The lowest BCUT2D eigenvalue weighted by Gasteiger charge is -2.20. The molecule has 0 radical (unpaired) electrons. The Morgan fingerprint density at radius 2 is 1.65 bits per heavy atom. The van der Waals surface area contributed by atoms with Gasteiger partial charge < -0.3 is 20.4 Å². The van der Waals surface area contributed by atoms with Crippen LogP contribution in [0.2, 0.25) is 0 Å². The summed E-state index contributed by atoms with van der Waals surface area (Å²) in [5, 5.41) is 25.3. The van der Waals surface area contributed by atoms with Crippen LogP contribution in [-0.2, 0) is 24.4 Å². The average Bonchev–Trinajstić information content (AvgIpc) is 3.88. The van der Waals surface area contributed by atoms with Gasteiger partial charge in [-0.15, -0.1) is 11.3 Å². The molecule has 49 heavy (non-hydrogen) atoms. The topological polar surface area (TPSA) is 118 Å². The van der Waals surface area contributed by atoms with Gasteiger partial charge in [0.15, 0.2) is 5.82 Å². The highest BCUT2D eigenvalue weighted by atomic mass is 32.1. The second kappa shape index (κ2) is 13.2. The molecule has 1 amide bonds. The van der Waals surface area contributed by atoms with Crippen LogP contribution in [0, 0.1) is 13.8 Å². The first-order valence-corrected chi connectivity index (χ1v) is 17.9. The van der Waals surface area contributed by atoms with Gasteiger partial charge in [-0.05, 0) is 72.7 Å². The maximum Gasteiger partial charge on any atom is 0.237 e. The van der Waals surface area contributed by atoms with Crippen molar-refractivity contribution < 1.29 is 15.0 Å². The molecule has 10 nitrogen and oxygen atoms in total. The van der Waals surface area contributed by atoms with Gasteiger partial charge >= 0.3 is 0 Å². The van der Waals surface area contributed by atoms with E-state index in [1.165, 1.54) is 5.56 Å². The van der Waals surface area contributed by atoms with Gasteiger partial charge in [0.25, 0.3) is 0 Å². The monoisotopic (exact) mass is 675 g/mol. The van der Waals surface area contributed by atoms with Crippen molar-refractivity contribution in [2.45, 2.75) is 58.5 Å². The highest BCUT2D eigenvalue weighted by Gasteiger charge is 2.30. The smallest absolute Gasteiger partial charge is 0.237 e. The predicted octanol–water partition coefficient (Wildman–Crippen LogP) is 5.26. The average molecular weight is 676 g/mol. The quantitative estimate of drug-likeness (QED) is 0.203. The standard InChI is InChI=1S/C38H41N7O3S/c1-23-29(5-3-7-31(23)38-42-33-20-45(21-34(33)49-38)35(48)22-44-14-11-28(47)19-44)30-6-4-8-32(24(30)2)41-37-36-26(9-12-39-37)15-25(16-40-36)17-43-13-10-27(46)18-43/h3-9,12,15-16,27-28,46-47H,10-11,13-14,17-22H2,1-2H3,(H,39,41)/t27?,28-/m1/s1. The van der Waals surface area contributed by atoms with Crippen molar-refractivity contribution in [2.75, 3.05) is 38.0 Å². The number of thiazole rings is 1. The van der Waals surface area contributed by atoms with E-state index in [4.69, 9.17) is 9.97 Å². The molecule has 0 aliphatic carbocycles. The van der Waals surface area contributed by atoms with Crippen molar-refractivity contribution in [3.05, 3.63) is 88.2 Å². The van der Waals surface area contributed by atoms with E-state index in [0.717, 1.165) is 92.5 Å². The number of fused-ring (bicyclic) bond motifs is 2. The van der Waals surface area contributed by atoms with Crippen molar-refractivity contribution in [3.8, 4) is 21.7 Å². The Morgan fingerprint density at radius 1 is 0.918 bits per heavy atom. The van der Waals surface area contributed by atoms with Crippen LogP contribution in [0.4, 0.5) is 11.5 Å². The number of β-amino-alcohol motifs (C(OH)–C–C–N with tert-alkyl or cyclic N) is 2. The molecular formula is C38H41N7O3S.